The molecule has 13 rings (SSSR count). The van der Waals surface area contributed by atoms with Crippen LogP contribution in [0.25, 0.3) is 22.5 Å². The summed E-state index contributed by atoms with van der Waals surface area (Å²) in [4.78, 5) is 18.9. The lowest BCUT2D eigenvalue weighted by atomic mass is 9.62. The second-order valence-corrected chi connectivity index (χ2v) is 20.4. The summed E-state index contributed by atoms with van der Waals surface area (Å²) < 4.78 is 0. The first kappa shape index (κ1) is 36.5. The molecule has 0 bridgehead atoms. The summed E-state index contributed by atoms with van der Waals surface area (Å²) in [5, 5.41) is 5.64. The lowest BCUT2D eigenvalue weighted by Crippen LogP contribution is -2.81. The third kappa shape index (κ3) is 4.97. The third-order valence-corrected chi connectivity index (χ3v) is 18.7. The molecule has 0 radical (unpaired) electrons. The summed E-state index contributed by atoms with van der Waals surface area (Å²) >= 11 is 0. The van der Waals surface area contributed by atoms with E-state index in [1.165, 1.54) is 54.4 Å². The topological polar surface area (TPSA) is 45.2 Å². The SMILES string of the molecule is c1ccc(N2c3ccccc3[Si]3(c4ccccc42)c2ccccc2C2(c4ccccc4N(c4cc(-c5ccncc5)nc(-c5ccncc5)c4)c4ccccc42)c2ccccc23)cc1. The number of rotatable bonds is 4. The van der Waals surface area contributed by atoms with E-state index >= 15 is 0 Å². The molecule has 6 heteroatoms. The standard InChI is InChI=1S/C58H39N5Si/c1-2-16-42(17-3-1)62-52-24-10-14-28-56(52)64(57-29-15-11-25-53(57)62)54-26-12-6-20-46(54)58(47-21-7-13-27-55(47)64)44-18-4-8-22-50(44)63(51-23-9-5-19-45(51)58)43-38-48(40-30-34-59-35-31-40)61-49(39-43)41-32-36-60-37-33-41/h1-39H. The molecule has 5 nitrogen and oxygen atoms in total. The first-order valence-corrected chi connectivity index (χ1v) is 23.8. The predicted molar refractivity (Wildman–Crippen MR) is 263 cm³/mol. The first-order valence-electron chi connectivity index (χ1n) is 21.8. The van der Waals surface area contributed by atoms with Gasteiger partial charge in [0.25, 0.3) is 0 Å². The fourth-order valence-electron chi connectivity index (χ4n) is 11.3. The van der Waals surface area contributed by atoms with Crippen molar-refractivity contribution >= 4 is 62.9 Å². The smallest absolute Gasteiger partial charge is 0.184 e. The molecule has 0 N–H and O–H groups in total. The van der Waals surface area contributed by atoms with Gasteiger partial charge in [0, 0.05) is 53.0 Å². The maximum atomic E-state index is 5.25. The highest BCUT2D eigenvalue weighted by atomic mass is 28.3. The normalized spacial score (nSPS) is 14.4. The molecule has 3 aliphatic rings. The van der Waals surface area contributed by atoms with Crippen LogP contribution in [0.15, 0.2) is 237 Å². The molecule has 2 spiro atoms. The van der Waals surface area contributed by atoms with Crippen molar-refractivity contribution in [1.82, 2.24) is 15.0 Å². The van der Waals surface area contributed by atoms with E-state index in [9.17, 15) is 0 Å². The average Bonchev–Trinajstić information content (AvgIpc) is 3.38. The van der Waals surface area contributed by atoms with E-state index in [0.717, 1.165) is 45.3 Å². The molecule has 0 saturated carbocycles. The molecule has 0 amide bonds. The van der Waals surface area contributed by atoms with Gasteiger partial charge in [-0.2, -0.15) is 0 Å². The van der Waals surface area contributed by atoms with E-state index < -0.39 is 13.5 Å². The summed E-state index contributed by atoms with van der Waals surface area (Å²) in [6, 6.07) is 78.9. The van der Waals surface area contributed by atoms with Crippen molar-refractivity contribution in [2.45, 2.75) is 5.41 Å². The molecule has 7 aromatic carbocycles. The minimum Gasteiger partial charge on any atom is -0.311 e. The number of hydrogen-bond acceptors (Lipinski definition) is 5. The quantitative estimate of drug-likeness (QED) is 0.165. The fourth-order valence-corrected chi connectivity index (χ4v) is 17.0. The van der Waals surface area contributed by atoms with Crippen LogP contribution in [0.2, 0.25) is 0 Å². The van der Waals surface area contributed by atoms with Crippen molar-refractivity contribution in [3.63, 3.8) is 0 Å². The van der Waals surface area contributed by atoms with Crippen LogP contribution in [0.5, 0.6) is 0 Å². The van der Waals surface area contributed by atoms with Crippen LogP contribution in [-0.2, 0) is 5.41 Å². The van der Waals surface area contributed by atoms with Crippen molar-refractivity contribution < 1.29 is 0 Å². The van der Waals surface area contributed by atoms with Gasteiger partial charge in [-0.25, -0.2) is 4.98 Å². The Labute approximate surface area is 373 Å². The van der Waals surface area contributed by atoms with Gasteiger partial charge >= 0.3 is 0 Å². The first-order chi connectivity index (χ1) is 31.8. The highest BCUT2D eigenvalue weighted by Crippen LogP contribution is 2.59. The fraction of sp³-hybridized carbons (Fsp3) is 0.0172. The number of hydrogen-bond donors (Lipinski definition) is 0. The summed E-state index contributed by atoms with van der Waals surface area (Å²) in [5.41, 5.74) is 15.2. The van der Waals surface area contributed by atoms with Crippen LogP contribution < -0.4 is 30.5 Å². The molecule has 0 unspecified atom stereocenters. The Balaban J connectivity index is 1.12. The lowest BCUT2D eigenvalue weighted by molar-refractivity contribution is 0.736. The number of fused-ring (bicyclic) bond motifs is 14. The molecule has 3 aromatic heterocycles. The van der Waals surface area contributed by atoms with Crippen LogP contribution >= 0.6 is 0 Å². The van der Waals surface area contributed by atoms with Gasteiger partial charge < -0.3 is 9.80 Å². The molecule has 10 aromatic rings. The molecule has 0 aliphatic carbocycles. The van der Waals surface area contributed by atoms with Crippen molar-refractivity contribution in [2.24, 2.45) is 0 Å². The van der Waals surface area contributed by atoms with Gasteiger partial charge in [0.1, 0.15) is 0 Å². The number of anilines is 6. The predicted octanol–water partition coefficient (Wildman–Crippen LogP) is 10.8. The van der Waals surface area contributed by atoms with Crippen LogP contribution in [0.1, 0.15) is 22.3 Å². The van der Waals surface area contributed by atoms with E-state index in [1.54, 1.807) is 0 Å². The molecule has 0 atom stereocenters. The molecule has 0 fully saturated rings. The number of nitrogens with zero attached hydrogens (tertiary/aromatic N) is 5. The second-order valence-electron chi connectivity index (χ2n) is 16.7. The van der Waals surface area contributed by atoms with Crippen molar-refractivity contribution in [2.75, 3.05) is 9.80 Å². The number of pyridine rings is 3. The number of para-hydroxylation sites is 5. The van der Waals surface area contributed by atoms with Gasteiger partial charge in [0.15, 0.2) is 8.07 Å². The molecule has 3 aliphatic heterocycles. The van der Waals surface area contributed by atoms with Gasteiger partial charge in [-0.3, -0.25) is 9.97 Å². The van der Waals surface area contributed by atoms with Crippen LogP contribution in [0.3, 0.4) is 0 Å². The Morgan fingerprint density at radius 2 is 0.703 bits per heavy atom. The number of aromatic nitrogens is 3. The van der Waals surface area contributed by atoms with Crippen LogP contribution in [0, 0.1) is 0 Å². The minimum atomic E-state index is -3.02. The Hall–Kier alpha value is -8.19. The molecular weight excluding hydrogens is 795 g/mol. The summed E-state index contributed by atoms with van der Waals surface area (Å²) in [7, 11) is -3.02. The number of benzene rings is 7. The van der Waals surface area contributed by atoms with Gasteiger partial charge in [0.05, 0.1) is 33.9 Å². The zero-order chi connectivity index (χ0) is 42.2. The Morgan fingerprint density at radius 3 is 1.19 bits per heavy atom. The van der Waals surface area contributed by atoms with E-state index in [1.807, 2.05) is 49.1 Å². The van der Waals surface area contributed by atoms with Crippen molar-refractivity contribution in [3.05, 3.63) is 259 Å². The molecule has 64 heavy (non-hydrogen) atoms. The molecule has 6 heterocycles. The zero-order valence-electron chi connectivity index (χ0n) is 34.8. The monoisotopic (exact) mass is 833 g/mol. The molecule has 0 saturated heterocycles. The lowest BCUT2D eigenvalue weighted by Gasteiger charge is -2.55. The largest absolute Gasteiger partial charge is 0.311 e. The van der Waals surface area contributed by atoms with E-state index in [0.29, 0.717) is 0 Å². The maximum Gasteiger partial charge on any atom is 0.184 e. The summed E-state index contributed by atoms with van der Waals surface area (Å²) in [6.07, 6.45) is 7.34. The summed E-state index contributed by atoms with van der Waals surface area (Å²) in [5.74, 6) is 0. The van der Waals surface area contributed by atoms with Crippen molar-refractivity contribution in [1.29, 1.82) is 0 Å². The minimum absolute atomic E-state index is 0.648. The van der Waals surface area contributed by atoms with E-state index in [-0.39, 0.29) is 0 Å². The van der Waals surface area contributed by atoms with Gasteiger partial charge in [0.2, 0.25) is 0 Å². The maximum absolute atomic E-state index is 5.25. The molecular formula is C58H39N5Si. The summed E-state index contributed by atoms with van der Waals surface area (Å²) in [6.45, 7) is 0. The average molecular weight is 834 g/mol. The second kappa shape index (κ2) is 14.2. The Morgan fingerprint density at radius 1 is 0.328 bits per heavy atom. The Bertz CT molecular complexity index is 3220. The molecule has 300 valence electrons. The zero-order valence-corrected chi connectivity index (χ0v) is 35.8. The van der Waals surface area contributed by atoms with Gasteiger partial charge in [-0.15, -0.1) is 0 Å². The highest BCUT2D eigenvalue weighted by Gasteiger charge is 2.60. The van der Waals surface area contributed by atoms with Gasteiger partial charge in [-0.1, -0.05) is 140 Å². The van der Waals surface area contributed by atoms with Crippen LogP contribution in [-0.4, -0.2) is 23.0 Å². The van der Waals surface area contributed by atoms with E-state index in [2.05, 4.69) is 208 Å². The highest BCUT2D eigenvalue weighted by molar-refractivity contribution is 7.22. The van der Waals surface area contributed by atoms with Crippen molar-refractivity contribution in [3.8, 4) is 22.5 Å². The van der Waals surface area contributed by atoms with Gasteiger partial charge in [-0.05, 0) is 116 Å². The van der Waals surface area contributed by atoms with E-state index in [4.69, 9.17) is 4.98 Å². The van der Waals surface area contributed by atoms with Crippen LogP contribution in [0.4, 0.5) is 34.1 Å². The Kier molecular flexibility index (Phi) is 8.07. The third-order valence-electron chi connectivity index (χ3n) is 13.7.